The smallest absolute Gasteiger partial charge is 0.343 e. The van der Waals surface area contributed by atoms with Gasteiger partial charge in [0, 0.05) is 16.1 Å². The average molecular weight is 447 g/mol. The fourth-order valence-electron chi connectivity index (χ4n) is 2.92. The molecule has 4 aromatic rings. The highest BCUT2D eigenvalue weighted by Gasteiger charge is 2.15. The van der Waals surface area contributed by atoms with Crippen LogP contribution in [0.4, 0.5) is 5.69 Å². The van der Waals surface area contributed by atoms with Gasteiger partial charge in [0.1, 0.15) is 11.4 Å². The van der Waals surface area contributed by atoms with Gasteiger partial charge in [-0.25, -0.2) is 4.79 Å². The number of carbonyl (C=O) groups excluding carboxylic acids is 2. The largest absolute Gasteiger partial charge is 0.422 e. The highest BCUT2D eigenvalue weighted by Crippen LogP contribution is 2.33. The van der Waals surface area contributed by atoms with Gasteiger partial charge in [-0.3, -0.25) is 9.78 Å². The molecule has 3 aromatic carbocycles. The van der Waals surface area contributed by atoms with Gasteiger partial charge < -0.3 is 10.1 Å². The van der Waals surface area contributed by atoms with Crippen LogP contribution in [-0.4, -0.2) is 16.9 Å². The number of nitrogens with one attached hydrogen (secondary N) is 1. The van der Waals surface area contributed by atoms with Crippen LogP contribution in [0.3, 0.4) is 0 Å². The number of hydrogen-bond donors (Lipinski definition) is 1. The van der Waals surface area contributed by atoms with E-state index in [9.17, 15) is 9.59 Å². The number of esters is 1. The van der Waals surface area contributed by atoms with Crippen LogP contribution in [0, 0.1) is 0 Å². The van der Waals surface area contributed by atoms with Crippen molar-refractivity contribution in [2.75, 3.05) is 5.32 Å². The van der Waals surface area contributed by atoms with E-state index in [1.54, 1.807) is 66.9 Å². The van der Waals surface area contributed by atoms with Crippen LogP contribution >= 0.6 is 15.9 Å². The minimum atomic E-state index is -0.476. The quantitative estimate of drug-likeness (QED) is 0.333. The molecule has 1 amide bonds. The molecule has 0 unspecified atom stereocenters. The maximum absolute atomic E-state index is 12.6. The van der Waals surface area contributed by atoms with Crippen molar-refractivity contribution in [2.24, 2.45) is 0 Å². The Morgan fingerprint density at radius 3 is 2.34 bits per heavy atom. The van der Waals surface area contributed by atoms with Crippen LogP contribution in [0.15, 0.2) is 89.5 Å². The number of nitrogens with zero attached hydrogens (tertiary/aromatic N) is 1. The SMILES string of the molecule is O=C(Oc1cccc2cccc(NC(=O)c3ccccn3)c12)c1ccc(Br)cc1. The van der Waals surface area contributed by atoms with Crippen LogP contribution in [-0.2, 0) is 0 Å². The number of aromatic nitrogens is 1. The fraction of sp³-hybridized carbons (Fsp3) is 0. The molecule has 1 heterocycles. The molecular weight excluding hydrogens is 432 g/mol. The summed E-state index contributed by atoms with van der Waals surface area (Å²) in [4.78, 5) is 29.2. The van der Waals surface area contributed by atoms with Crippen molar-refractivity contribution in [3.8, 4) is 5.75 Å². The van der Waals surface area contributed by atoms with Crippen molar-refractivity contribution in [3.05, 3.63) is 101 Å². The summed E-state index contributed by atoms with van der Waals surface area (Å²) in [6, 6.07) is 22.9. The van der Waals surface area contributed by atoms with Crippen molar-refractivity contribution in [2.45, 2.75) is 0 Å². The first kappa shape index (κ1) is 18.8. The second-order valence-corrected chi connectivity index (χ2v) is 7.14. The van der Waals surface area contributed by atoms with E-state index in [1.807, 2.05) is 18.2 Å². The van der Waals surface area contributed by atoms with Crippen LogP contribution < -0.4 is 10.1 Å². The number of hydrogen-bond acceptors (Lipinski definition) is 4. The van der Waals surface area contributed by atoms with E-state index >= 15 is 0 Å². The number of amides is 1. The van der Waals surface area contributed by atoms with E-state index in [2.05, 4.69) is 26.2 Å². The summed E-state index contributed by atoms with van der Waals surface area (Å²) in [5.74, 6) is -0.449. The number of fused-ring (bicyclic) bond motifs is 1. The molecule has 29 heavy (non-hydrogen) atoms. The topological polar surface area (TPSA) is 68.3 Å². The maximum atomic E-state index is 12.6. The van der Waals surface area contributed by atoms with Gasteiger partial charge in [0.15, 0.2) is 0 Å². The minimum Gasteiger partial charge on any atom is -0.422 e. The van der Waals surface area contributed by atoms with Crippen molar-refractivity contribution >= 4 is 44.3 Å². The van der Waals surface area contributed by atoms with Crippen molar-refractivity contribution < 1.29 is 14.3 Å². The Balaban J connectivity index is 1.69. The van der Waals surface area contributed by atoms with Crippen molar-refractivity contribution in [1.82, 2.24) is 4.98 Å². The average Bonchev–Trinajstić information content (AvgIpc) is 2.75. The molecule has 0 atom stereocenters. The molecule has 142 valence electrons. The normalized spacial score (nSPS) is 10.5. The molecule has 0 aliphatic rings. The summed E-state index contributed by atoms with van der Waals surface area (Å²) in [6.45, 7) is 0. The molecule has 4 rings (SSSR count). The summed E-state index contributed by atoms with van der Waals surface area (Å²) >= 11 is 3.35. The first-order valence-electron chi connectivity index (χ1n) is 8.84. The second-order valence-electron chi connectivity index (χ2n) is 6.23. The predicted molar refractivity (Wildman–Crippen MR) is 115 cm³/mol. The Morgan fingerprint density at radius 2 is 1.62 bits per heavy atom. The molecule has 0 spiro atoms. The standard InChI is InChI=1S/C23H15BrN2O3/c24-17-12-10-16(11-13-17)23(28)29-20-9-4-6-15-5-3-8-18(21(15)20)26-22(27)19-7-1-2-14-25-19/h1-14H,(H,26,27). The predicted octanol–water partition coefficient (Wildman–Crippen LogP) is 5.47. The minimum absolute atomic E-state index is 0.300. The zero-order valence-corrected chi connectivity index (χ0v) is 16.7. The van der Waals surface area contributed by atoms with Gasteiger partial charge >= 0.3 is 5.97 Å². The van der Waals surface area contributed by atoms with Crippen molar-refractivity contribution in [1.29, 1.82) is 0 Å². The number of benzene rings is 3. The first-order valence-corrected chi connectivity index (χ1v) is 9.63. The van der Waals surface area contributed by atoms with Crippen LogP contribution in [0.1, 0.15) is 20.8 Å². The third kappa shape index (κ3) is 4.17. The summed E-state index contributed by atoms with van der Waals surface area (Å²) in [5.41, 5.74) is 1.27. The van der Waals surface area contributed by atoms with E-state index in [1.165, 1.54) is 0 Å². The molecule has 6 heteroatoms. The lowest BCUT2D eigenvalue weighted by molar-refractivity contribution is 0.0737. The van der Waals surface area contributed by atoms with E-state index in [-0.39, 0.29) is 5.91 Å². The monoisotopic (exact) mass is 446 g/mol. The molecule has 0 fully saturated rings. The molecule has 0 radical (unpaired) electrons. The zero-order chi connectivity index (χ0) is 20.2. The van der Waals surface area contributed by atoms with E-state index in [4.69, 9.17) is 4.74 Å². The van der Waals surface area contributed by atoms with Gasteiger partial charge in [-0.15, -0.1) is 0 Å². The van der Waals surface area contributed by atoms with E-state index in [0.717, 1.165) is 9.86 Å². The summed E-state index contributed by atoms with van der Waals surface area (Å²) < 4.78 is 6.53. The lowest BCUT2D eigenvalue weighted by atomic mass is 10.1. The number of anilines is 1. The molecule has 1 aromatic heterocycles. The molecule has 0 bridgehead atoms. The number of ether oxygens (including phenoxy) is 1. The van der Waals surface area contributed by atoms with Gasteiger partial charge in [0.2, 0.25) is 0 Å². The zero-order valence-electron chi connectivity index (χ0n) is 15.1. The van der Waals surface area contributed by atoms with Crippen LogP contribution in [0.5, 0.6) is 5.75 Å². The molecule has 0 saturated heterocycles. The van der Waals surface area contributed by atoms with Crippen molar-refractivity contribution in [3.63, 3.8) is 0 Å². The Hall–Kier alpha value is -3.51. The molecule has 0 aliphatic heterocycles. The highest BCUT2D eigenvalue weighted by atomic mass is 79.9. The number of carbonyl (C=O) groups is 2. The lowest BCUT2D eigenvalue weighted by Crippen LogP contribution is -2.14. The Kier molecular flexibility index (Phi) is 5.35. The second kappa shape index (κ2) is 8.24. The molecule has 0 aliphatic carbocycles. The van der Waals surface area contributed by atoms with Gasteiger partial charge in [-0.05, 0) is 53.9 Å². The van der Waals surface area contributed by atoms with Crippen LogP contribution in [0.25, 0.3) is 10.8 Å². The fourth-order valence-corrected chi connectivity index (χ4v) is 3.19. The Bertz CT molecular complexity index is 1190. The number of halogens is 1. The molecule has 1 N–H and O–H groups in total. The maximum Gasteiger partial charge on any atom is 0.343 e. The number of pyridine rings is 1. The summed E-state index contributed by atoms with van der Waals surface area (Å²) in [5, 5.41) is 4.34. The Morgan fingerprint density at radius 1 is 0.862 bits per heavy atom. The third-order valence-corrected chi connectivity index (χ3v) is 4.82. The summed E-state index contributed by atoms with van der Waals surface area (Å²) in [7, 11) is 0. The Labute approximate surface area is 175 Å². The van der Waals surface area contributed by atoms with Gasteiger partial charge in [-0.2, -0.15) is 0 Å². The lowest BCUT2D eigenvalue weighted by Gasteiger charge is -2.13. The highest BCUT2D eigenvalue weighted by molar-refractivity contribution is 9.10. The summed E-state index contributed by atoms with van der Waals surface area (Å²) in [6.07, 6.45) is 1.56. The van der Waals surface area contributed by atoms with Gasteiger partial charge in [0.05, 0.1) is 11.3 Å². The van der Waals surface area contributed by atoms with Gasteiger partial charge in [-0.1, -0.05) is 46.3 Å². The van der Waals surface area contributed by atoms with Gasteiger partial charge in [0.25, 0.3) is 5.91 Å². The molecule has 5 nitrogen and oxygen atoms in total. The van der Waals surface area contributed by atoms with Crippen LogP contribution in [0.2, 0.25) is 0 Å². The molecule has 0 saturated carbocycles. The number of rotatable bonds is 4. The van der Waals surface area contributed by atoms with E-state index < -0.39 is 5.97 Å². The van der Waals surface area contributed by atoms with E-state index in [0.29, 0.717) is 28.1 Å². The first-order chi connectivity index (χ1) is 14.1. The molecular formula is C23H15BrN2O3. The third-order valence-electron chi connectivity index (χ3n) is 4.29.